The summed E-state index contributed by atoms with van der Waals surface area (Å²) in [4.78, 5) is 0. The molecule has 1 unspecified atom stereocenters. The number of aryl methyl sites for hydroxylation is 2. The lowest BCUT2D eigenvalue weighted by molar-refractivity contribution is 0.506. The first-order valence-electron chi connectivity index (χ1n) is 5.92. The summed E-state index contributed by atoms with van der Waals surface area (Å²) in [6, 6.07) is 4.84. The van der Waals surface area contributed by atoms with Crippen molar-refractivity contribution >= 4 is 0 Å². The number of rotatable bonds is 5. The fourth-order valence-corrected chi connectivity index (χ4v) is 1.74. The maximum Gasteiger partial charge on any atom is 0.0396 e. The predicted molar refractivity (Wildman–Crippen MR) is 66.8 cm³/mol. The first-order valence-corrected chi connectivity index (χ1v) is 5.92. The molecule has 1 aromatic rings. The Labute approximate surface area is 93.7 Å². The van der Waals surface area contributed by atoms with Crippen LogP contribution in [0.1, 0.15) is 45.0 Å². The zero-order valence-electron chi connectivity index (χ0n) is 10.7. The van der Waals surface area contributed by atoms with Gasteiger partial charge in [0.1, 0.15) is 0 Å². The third-order valence-corrected chi connectivity index (χ3v) is 2.80. The Balaban J connectivity index is 2.47. The Morgan fingerprint density at radius 2 is 1.60 bits per heavy atom. The molecule has 0 fully saturated rings. The van der Waals surface area contributed by atoms with Crippen LogP contribution in [0.3, 0.4) is 0 Å². The molecule has 0 bridgehead atoms. The van der Waals surface area contributed by atoms with Gasteiger partial charge in [0.2, 0.25) is 0 Å². The summed E-state index contributed by atoms with van der Waals surface area (Å²) in [6.45, 7) is 11.1. The Morgan fingerprint density at radius 1 is 1.07 bits per heavy atom. The van der Waals surface area contributed by atoms with E-state index in [9.17, 15) is 0 Å². The molecule has 1 atom stereocenters. The fraction of sp³-hybridized carbons (Fsp3) is 0.692. The molecule has 1 rings (SSSR count). The van der Waals surface area contributed by atoms with Gasteiger partial charge in [-0.15, -0.1) is 0 Å². The summed E-state index contributed by atoms with van der Waals surface area (Å²) >= 11 is 0. The molecule has 0 aromatic carbocycles. The van der Waals surface area contributed by atoms with Crippen molar-refractivity contribution in [2.24, 2.45) is 5.92 Å². The lowest BCUT2D eigenvalue weighted by Gasteiger charge is -2.20. The first-order chi connectivity index (χ1) is 7.00. The molecule has 2 heteroatoms. The van der Waals surface area contributed by atoms with Crippen LogP contribution in [0.25, 0.3) is 0 Å². The van der Waals surface area contributed by atoms with Crippen LogP contribution in [0, 0.1) is 19.8 Å². The van der Waals surface area contributed by atoms with Crippen molar-refractivity contribution in [3.05, 3.63) is 23.5 Å². The summed E-state index contributed by atoms with van der Waals surface area (Å²) in [7, 11) is 0. The lowest BCUT2D eigenvalue weighted by Crippen LogP contribution is -2.27. The lowest BCUT2D eigenvalue weighted by atomic mass is 10.1. The van der Waals surface area contributed by atoms with Gasteiger partial charge in [0.05, 0.1) is 0 Å². The predicted octanol–water partition coefficient (Wildman–Crippen LogP) is 3.47. The summed E-state index contributed by atoms with van der Waals surface area (Å²) in [5.74, 6) is 0.793. The van der Waals surface area contributed by atoms with Crippen molar-refractivity contribution in [2.75, 3.05) is 5.43 Å². The quantitative estimate of drug-likeness (QED) is 0.784. The van der Waals surface area contributed by atoms with Crippen LogP contribution in [0.4, 0.5) is 0 Å². The third-order valence-electron chi connectivity index (χ3n) is 2.80. The van der Waals surface area contributed by atoms with Crippen molar-refractivity contribution in [3.63, 3.8) is 0 Å². The third kappa shape index (κ3) is 3.61. The highest BCUT2D eigenvalue weighted by Gasteiger charge is 2.06. The molecular formula is C13H24N2. The average Bonchev–Trinajstić information content (AvgIpc) is 2.46. The van der Waals surface area contributed by atoms with E-state index in [-0.39, 0.29) is 0 Å². The maximum absolute atomic E-state index is 3.53. The van der Waals surface area contributed by atoms with E-state index in [2.05, 4.69) is 56.9 Å². The molecule has 0 aliphatic carbocycles. The van der Waals surface area contributed by atoms with Crippen molar-refractivity contribution in [3.8, 4) is 0 Å². The van der Waals surface area contributed by atoms with Gasteiger partial charge in [-0.1, -0.05) is 13.8 Å². The highest BCUT2D eigenvalue weighted by molar-refractivity contribution is 5.15. The molecule has 1 heterocycles. The van der Waals surface area contributed by atoms with Crippen LogP contribution in [0.2, 0.25) is 0 Å². The minimum Gasteiger partial charge on any atom is -0.323 e. The van der Waals surface area contributed by atoms with Crippen molar-refractivity contribution in [2.45, 2.75) is 53.5 Å². The Morgan fingerprint density at radius 3 is 2.07 bits per heavy atom. The zero-order chi connectivity index (χ0) is 11.4. The largest absolute Gasteiger partial charge is 0.323 e. The normalized spacial score (nSPS) is 13.2. The second-order valence-corrected chi connectivity index (χ2v) is 4.95. The van der Waals surface area contributed by atoms with Gasteiger partial charge < -0.3 is 5.43 Å². The molecule has 1 aromatic heterocycles. The Bertz CT molecular complexity index is 280. The summed E-state index contributed by atoms with van der Waals surface area (Å²) < 4.78 is 2.19. The fourth-order valence-electron chi connectivity index (χ4n) is 1.74. The van der Waals surface area contributed by atoms with E-state index < -0.39 is 0 Å². The summed E-state index contributed by atoms with van der Waals surface area (Å²) in [6.07, 6.45) is 2.52. The van der Waals surface area contributed by atoms with Gasteiger partial charge in [-0.25, -0.2) is 0 Å². The number of aromatic nitrogens is 1. The van der Waals surface area contributed by atoms with Crippen molar-refractivity contribution in [1.29, 1.82) is 0 Å². The van der Waals surface area contributed by atoms with Crippen LogP contribution in [-0.4, -0.2) is 10.7 Å². The Hall–Kier alpha value is -0.920. The molecule has 15 heavy (non-hydrogen) atoms. The van der Waals surface area contributed by atoms with Crippen LogP contribution >= 0.6 is 0 Å². The monoisotopic (exact) mass is 208 g/mol. The van der Waals surface area contributed by atoms with E-state index in [0.29, 0.717) is 6.04 Å². The van der Waals surface area contributed by atoms with Crippen LogP contribution in [-0.2, 0) is 0 Å². The Kier molecular flexibility index (Phi) is 4.25. The first kappa shape index (κ1) is 12.2. The van der Waals surface area contributed by atoms with Crippen LogP contribution in [0.15, 0.2) is 12.1 Å². The highest BCUT2D eigenvalue weighted by atomic mass is 15.4. The second-order valence-electron chi connectivity index (χ2n) is 4.95. The minimum absolute atomic E-state index is 0.539. The maximum atomic E-state index is 3.53. The van der Waals surface area contributed by atoms with E-state index in [1.54, 1.807) is 0 Å². The topological polar surface area (TPSA) is 17.0 Å². The average molecular weight is 208 g/mol. The second kappa shape index (κ2) is 5.24. The number of nitrogens with one attached hydrogen (secondary N) is 1. The summed E-state index contributed by atoms with van der Waals surface area (Å²) in [5.41, 5.74) is 6.09. The molecule has 0 amide bonds. The SMILES string of the molecule is Cc1ccc(C)n1NC(C)CCC(C)C. The van der Waals surface area contributed by atoms with Gasteiger partial charge in [0.25, 0.3) is 0 Å². The summed E-state index contributed by atoms with van der Waals surface area (Å²) in [5, 5.41) is 0. The van der Waals surface area contributed by atoms with Gasteiger partial charge in [0.15, 0.2) is 0 Å². The molecule has 0 radical (unpaired) electrons. The van der Waals surface area contributed by atoms with E-state index in [1.165, 1.54) is 24.2 Å². The van der Waals surface area contributed by atoms with Crippen LogP contribution < -0.4 is 5.43 Å². The standard InChI is InChI=1S/C13H24N2/c1-10(2)6-7-11(3)14-15-12(4)8-9-13(15)5/h8-11,14H,6-7H2,1-5H3. The number of hydrogen-bond donors (Lipinski definition) is 1. The molecular weight excluding hydrogens is 184 g/mol. The van der Waals surface area contributed by atoms with E-state index in [1.807, 2.05) is 0 Å². The molecule has 1 N–H and O–H groups in total. The number of nitrogens with zero attached hydrogens (tertiary/aromatic N) is 1. The van der Waals surface area contributed by atoms with Gasteiger partial charge >= 0.3 is 0 Å². The van der Waals surface area contributed by atoms with Gasteiger partial charge in [0, 0.05) is 17.4 Å². The van der Waals surface area contributed by atoms with Crippen LogP contribution in [0.5, 0.6) is 0 Å². The molecule has 2 nitrogen and oxygen atoms in total. The molecule has 0 spiro atoms. The molecule has 86 valence electrons. The zero-order valence-corrected chi connectivity index (χ0v) is 10.7. The van der Waals surface area contributed by atoms with E-state index in [0.717, 1.165) is 5.92 Å². The van der Waals surface area contributed by atoms with E-state index in [4.69, 9.17) is 0 Å². The minimum atomic E-state index is 0.539. The van der Waals surface area contributed by atoms with Gasteiger partial charge in [-0.3, -0.25) is 4.68 Å². The van der Waals surface area contributed by atoms with Crippen molar-refractivity contribution < 1.29 is 0 Å². The van der Waals surface area contributed by atoms with Gasteiger partial charge in [-0.05, 0) is 51.7 Å². The molecule has 0 aliphatic heterocycles. The van der Waals surface area contributed by atoms with Gasteiger partial charge in [-0.2, -0.15) is 0 Å². The highest BCUT2D eigenvalue weighted by Crippen LogP contribution is 2.10. The molecule has 0 saturated heterocycles. The van der Waals surface area contributed by atoms with Crippen molar-refractivity contribution in [1.82, 2.24) is 4.68 Å². The molecule has 0 aliphatic rings. The number of hydrogen-bond acceptors (Lipinski definition) is 1. The molecule has 0 saturated carbocycles. The smallest absolute Gasteiger partial charge is 0.0396 e. The van der Waals surface area contributed by atoms with E-state index >= 15 is 0 Å².